The largest absolute Gasteiger partial charge is 0.505 e. The predicted octanol–water partition coefficient (Wildman–Crippen LogP) is 6.11. The van der Waals surface area contributed by atoms with Crippen molar-refractivity contribution in [2.75, 3.05) is 0 Å². The number of fused-ring (bicyclic) bond motifs is 2. The number of benzene rings is 4. The van der Waals surface area contributed by atoms with E-state index in [2.05, 4.69) is 10.2 Å². The summed E-state index contributed by atoms with van der Waals surface area (Å²) in [5, 5.41) is 22.9. The Hall–Kier alpha value is -3.20. The molecule has 0 aliphatic rings. The molecule has 4 aromatic carbocycles. The highest BCUT2D eigenvalue weighted by molar-refractivity contribution is 5.93. The van der Waals surface area contributed by atoms with Gasteiger partial charge in [0.25, 0.3) is 0 Å². The summed E-state index contributed by atoms with van der Waals surface area (Å²) in [5.74, 6) is 0.159. The van der Waals surface area contributed by atoms with E-state index >= 15 is 0 Å². The fraction of sp³-hybridized carbons (Fsp3) is 0. The molecule has 1 N–H and O–H groups in total. The van der Waals surface area contributed by atoms with Crippen LogP contribution < -0.4 is 0 Å². The third-order valence-electron chi connectivity index (χ3n) is 3.91. The normalized spacial score (nSPS) is 11.5. The smallest absolute Gasteiger partial charge is 0.150 e. The van der Waals surface area contributed by atoms with Crippen molar-refractivity contribution in [3.63, 3.8) is 0 Å². The van der Waals surface area contributed by atoms with Gasteiger partial charge in [-0.15, -0.1) is 10.2 Å². The van der Waals surface area contributed by atoms with Crippen molar-refractivity contribution in [2.24, 2.45) is 10.2 Å². The standard InChI is InChI=1S/C20H14N2O/c23-20-17-10-4-2-7-15(17)12-13-19(20)22-21-18-11-5-8-14-6-1-3-9-16(14)18/h1-13,23H. The topological polar surface area (TPSA) is 45.0 Å². The second-order valence-electron chi connectivity index (χ2n) is 5.35. The summed E-state index contributed by atoms with van der Waals surface area (Å²) in [4.78, 5) is 0. The van der Waals surface area contributed by atoms with E-state index in [4.69, 9.17) is 0 Å². The van der Waals surface area contributed by atoms with Crippen molar-refractivity contribution in [1.82, 2.24) is 0 Å². The number of phenols is 1. The Kier molecular flexibility index (Phi) is 3.24. The summed E-state index contributed by atoms with van der Waals surface area (Å²) in [6.07, 6.45) is 0. The van der Waals surface area contributed by atoms with E-state index in [0.717, 1.165) is 27.2 Å². The molecule has 0 radical (unpaired) electrons. The van der Waals surface area contributed by atoms with Crippen LogP contribution in [0.4, 0.5) is 11.4 Å². The molecule has 0 amide bonds. The van der Waals surface area contributed by atoms with Crippen molar-refractivity contribution in [3.8, 4) is 5.75 Å². The minimum absolute atomic E-state index is 0.159. The quantitative estimate of drug-likeness (QED) is 0.445. The van der Waals surface area contributed by atoms with Gasteiger partial charge in [-0.3, -0.25) is 0 Å². The maximum atomic E-state index is 10.4. The number of azo groups is 1. The highest BCUT2D eigenvalue weighted by Crippen LogP contribution is 2.36. The first-order valence-corrected chi connectivity index (χ1v) is 7.43. The molecule has 3 nitrogen and oxygen atoms in total. The van der Waals surface area contributed by atoms with Crippen molar-refractivity contribution >= 4 is 32.9 Å². The van der Waals surface area contributed by atoms with Crippen LogP contribution in [-0.4, -0.2) is 5.11 Å². The number of rotatable bonds is 2. The maximum absolute atomic E-state index is 10.4. The summed E-state index contributed by atoms with van der Waals surface area (Å²) < 4.78 is 0. The number of aromatic hydroxyl groups is 1. The first-order chi connectivity index (χ1) is 11.3. The van der Waals surface area contributed by atoms with Gasteiger partial charge < -0.3 is 5.11 Å². The summed E-state index contributed by atoms with van der Waals surface area (Å²) in [6, 6.07) is 25.4. The van der Waals surface area contributed by atoms with Gasteiger partial charge in [0.05, 0.1) is 5.69 Å². The Bertz CT molecular complexity index is 1030. The minimum Gasteiger partial charge on any atom is -0.505 e. The van der Waals surface area contributed by atoms with Gasteiger partial charge in [-0.05, 0) is 22.9 Å². The SMILES string of the molecule is Oc1c(N=Nc2cccc3ccccc23)ccc2ccccc12. The molecule has 0 unspecified atom stereocenters. The number of nitrogens with zero attached hydrogens (tertiary/aromatic N) is 2. The molecule has 0 aliphatic carbocycles. The predicted molar refractivity (Wildman–Crippen MR) is 93.7 cm³/mol. The molecule has 0 heterocycles. The van der Waals surface area contributed by atoms with E-state index in [1.807, 2.05) is 72.8 Å². The van der Waals surface area contributed by atoms with E-state index in [1.165, 1.54) is 0 Å². The lowest BCUT2D eigenvalue weighted by Gasteiger charge is -2.04. The van der Waals surface area contributed by atoms with Crippen molar-refractivity contribution in [1.29, 1.82) is 0 Å². The van der Waals surface area contributed by atoms with Crippen LogP contribution in [0.5, 0.6) is 5.75 Å². The molecule has 0 spiro atoms. The van der Waals surface area contributed by atoms with Crippen LogP contribution in [0.15, 0.2) is 89.1 Å². The molecule has 0 aromatic heterocycles. The van der Waals surface area contributed by atoms with Crippen molar-refractivity contribution < 1.29 is 5.11 Å². The lowest BCUT2D eigenvalue weighted by Crippen LogP contribution is -1.75. The van der Waals surface area contributed by atoms with Crippen LogP contribution >= 0.6 is 0 Å². The molecule has 110 valence electrons. The molecule has 0 aliphatic heterocycles. The molecule has 23 heavy (non-hydrogen) atoms. The molecule has 0 saturated carbocycles. The van der Waals surface area contributed by atoms with E-state index in [1.54, 1.807) is 6.07 Å². The molecule has 3 heteroatoms. The second-order valence-corrected chi connectivity index (χ2v) is 5.35. The van der Waals surface area contributed by atoms with Crippen LogP contribution in [0, 0.1) is 0 Å². The van der Waals surface area contributed by atoms with E-state index in [-0.39, 0.29) is 5.75 Å². The monoisotopic (exact) mass is 298 g/mol. The summed E-state index contributed by atoms with van der Waals surface area (Å²) in [7, 11) is 0. The summed E-state index contributed by atoms with van der Waals surface area (Å²) >= 11 is 0. The highest BCUT2D eigenvalue weighted by atomic mass is 16.3. The summed E-state index contributed by atoms with van der Waals surface area (Å²) in [5.41, 5.74) is 1.26. The van der Waals surface area contributed by atoms with Crippen LogP contribution in [0.25, 0.3) is 21.5 Å². The highest BCUT2D eigenvalue weighted by Gasteiger charge is 2.05. The Morgan fingerprint density at radius 3 is 1.96 bits per heavy atom. The third-order valence-corrected chi connectivity index (χ3v) is 3.91. The van der Waals surface area contributed by atoms with Gasteiger partial charge in [0, 0.05) is 10.8 Å². The van der Waals surface area contributed by atoms with Crippen LogP contribution in [0.2, 0.25) is 0 Å². The molecule has 0 fully saturated rings. The van der Waals surface area contributed by atoms with Gasteiger partial charge in [-0.2, -0.15) is 0 Å². The zero-order valence-corrected chi connectivity index (χ0v) is 12.3. The molecule has 4 aromatic rings. The first-order valence-electron chi connectivity index (χ1n) is 7.43. The average Bonchev–Trinajstić information content (AvgIpc) is 2.61. The zero-order valence-electron chi connectivity index (χ0n) is 12.3. The third kappa shape index (κ3) is 2.42. The van der Waals surface area contributed by atoms with Crippen molar-refractivity contribution in [3.05, 3.63) is 78.9 Å². The lowest BCUT2D eigenvalue weighted by molar-refractivity contribution is 0.482. The fourth-order valence-electron chi connectivity index (χ4n) is 2.73. The minimum atomic E-state index is 0.159. The Morgan fingerprint density at radius 2 is 1.13 bits per heavy atom. The van der Waals surface area contributed by atoms with E-state index < -0.39 is 0 Å². The summed E-state index contributed by atoms with van der Waals surface area (Å²) in [6.45, 7) is 0. The molecule has 0 saturated heterocycles. The van der Waals surface area contributed by atoms with E-state index in [0.29, 0.717) is 5.69 Å². The number of hydrogen-bond donors (Lipinski definition) is 1. The molecular weight excluding hydrogens is 284 g/mol. The Balaban J connectivity index is 1.80. The van der Waals surface area contributed by atoms with Crippen LogP contribution in [0.1, 0.15) is 0 Å². The van der Waals surface area contributed by atoms with Gasteiger partial charge in [0.2, 0.25) is 0 Å². The van der Waals surface area contributed by atoms with Crippen LogP contribution in [-0.2, 0) is 0 Å². The molecular formula is C20H14N2O. The number of phenolic OH excluding ortho intramolecular Hbond substituents is 1. The van der Waals surface area contributed by atoms with Gasteiger partial charge in [0.1, 0.15) is 5.69 Å². The lowest BCUT2D eigenvalue weighted by atomic mass is 10.1. The molecule has 4 rings (SSSR count). The van der Waals surface area contributed by atoms with Crippen LogP contribution in [0.3, 0.4) is 0 Å². The van der Waals surface area contributed by atoms with Gasteiger partial charge in [-0.25, -0.2) is 0 Å². The Morgan fingerprint density at radius 1 is 0.522 bits per heavy atom. The maximum Gasteiger partial charge on any atom is 0.150 e. The first kappa shape index (κ1) is 13.5. The van der Waals surface area contributed by atoms with Gasteiger partial charge in [-0.1, -0.05) is 66.7 Å². The van der Waals surface area contributed by atoms with E-state index in [9.17, 15) is 5.11 Å². The molecule has 0 bridgehead atoms. The average molecular weight is 298 g/mol. The van der Waals surface area contributed by atoms with Crippen molar-refractivity contribution in [2.45, 2.75) is 0 Å². The van der Waals surface area contributed by atoms with Gasteiger partial charge >= 0.3 is 0 Å². The fourth-order valence-corrected chi connectivity index (χ4v) is 2.73. The second kappa shape index (κ2) is 5.54. The van der Waals surface area contributed by atoms with Gasteiger partial charge in [0.15, 0.2) is 5.75 Å². The number of hydrogen-bond acceptors (Lipinski definition) is 3. The Labute approximate surface area is 133 Å². The zero-order chi connectivity index (χ0) is 15.6. The molecule has 0 atom stereocenters.